The maximum absolute atomic E-state index is 13.6. The topological polar surface area (TPSA) is 92.1 Å². The quantitative estimate of drug-likeness (QED) is 0.792. The van der Waals surface area contributed by atoms with Crippen LogP contribution in [-0.4, -0.2) is 32.4 Å². The van der Waals surface area contributed by atoms with E-state index in [9.17, 15) is 14.3 Å². The molecular formula is C16H20FN5O2. The van der Waals surface area contributed by atoms with Gasteiger partial charge in [-0.2, -0.15) is 0 Å². The van der Waals surface area contributed by atoms with E-state index < -0.39 is 18.0 Å². The lowest BCUT2D eigenvalue weighted by Gasteiger charge is -2.24. The fourth-order valence-electron chi connectivity index (χ4n) is 2.90. The molecule has 2 atom stereocenters. The Bertz CT molecular complexity index is 733. The highest BCUT2D eigenvalue weighted by atomic mass is 19.1. The molecule has 2 heterocycles. The second-order valence-corrected chi connectivity index (χ2v) is 5.84. The molecule has 8 heteroatoms. The fourth-order valence-corrected chi connectivity index (χ4v) is 2.90. The second kappa shape index (κ2) is 6.96. The number of hydrogen-bond acceptors (Lipinski definition) is 4. The van der Waals surface area contributed by atoms with E-state index in [1.165, 1.54) is 12.1 Å². The molecule has 128 valence electrons. The third kappa shape index (κ3) is 3.38. The third-order valence-electron chi connectivity index (χ3n) is 4.18. The summed E-state index contributed by atoms with van der Waals surface area (Å²) in [4.78, 5) is 12.1. The SMILES string of the molecule is Cc1nnc2n1CCCC2NC(=O)NCC(O)c1ccccc1F. The van der Waals surface area contributed by atoms with Crippen molar-refractivity contribution in [1.29, 1.82) is 0 Å². The highest BCUT2D eigenvalue weighted by molar-refractivity contribution is 5.74. The zero-order valence-corrected chi connectivity index (χ0v) is 13.4. The first-order valence-corrected chi connectivity index (χ1v) is 7.93. The van der Waals surface area contributed by atoms with E-state index in [1.54, 1.807) is 12.1 Å². The Balaban J connectivity index is 1.56. The Morgan fingerprint density at radius 2 is 2.25 bits per heavy atom. The molecule has 7 nitrogen and oxygen atoms in total. The summed E-state index contributed by atoms with van der Waals surface area (Å²) >= 11 is 0. The van der Waals surface area contributed by atoms with Crippen LogP contribution in [0.3, 0.4) is 0 Å². The number of aliphatic hydroxyl groups is 1. The fraction of sp³-hybridized carbons (Fsp3) is 0.438. The molecule has 0 spiro atoms. The molecule has 0 fully saturated rings. The minimum Gasteiger partial charge on any atom is -0.386 e. The molecule has 1 aliphatic heterocycles. The number of aromatic nitrogens is 3. The molecule has 1 aromatic carbocycles. The van der Waals surface area contributed by atoms with Crippen molar-refractivity contribution in [3.63, 3.8) is 0 Å². The maximum atomic E-state index is 13.6. The summed E-state index contributed by atoms with van der Waals surface area (Å²) in [6, 6.07) is 5.31. The number of nitrogens with zero attached hydrogens (tertiary/aromatic N) is 3. The molecular weight excluding hydrogens is 313 g/mol. The minimum absolute atomic E-state index is 0.0782. The number of carbonyl (C=O) groups is 1. The van der Waals surface area contributed by atoms with E-state index in [1.807, 2.05) is 11.5 Å². The van der Waals surface area contributed by atoms with Crippen LogP contribution in [0.2, 0.25) is 0 Å². The average molecular weight is 333 g/mol. The van der Waals surface area contributed by atoms with Gasteiger partial charge in [-0.3, -0.25) is 0 Å². The molecule has 0 saturated carbocycles. The lowest BCUT2D eigenvalue weighted by molar-refractivity contribution is 0.168. The number of aryl methyl sites for hydroxylation is 1. The minimum atomic E-state index is -1.10. The Morgan fingerprint density at radius 3 is 3.04 bits per heavy atom. The van der Waals surface area contributed by atoms with Crippen LogP contribution in [0.25, 0.3) is 0 Å². The van der Waals surface area contributed by atoms with Crippen molar-refractivity contribution in [2.75, 3.05) is 6.54 Å². The van der Waals surface area contributed by atoms with Crippen molar-refractivity contribution in [3.8, 4) is 0 Å². The van der Waals surface area contributed by atoms with E-state index in [2.05, 4.69) is 20.8 Å². The number of urea groups is 1. The number of aliphatic hydroxyl groups excluding tert-OH is 1. The summed E-state index contributed by atoms with van der Waals surface area (Å²) in [6.07, 6.45) is 0.602. The van der Waals surface area contributed by atoms with Crippen LogP contribution in [0.4, 0.5) is 9.18 Å². The highest BCUT2D eigenvalue weighted by Gasteiger charge is 2.25. The molecule has 3 N–H and O–H groups in total. The van der Waals surface area contributed by atoms with E-state index in [-0.39, 0.29) is 18.2 Å². The predicted octanol–water partition coefficient (Wildman–Crippen LogP) is 1.59. The zero-order valence-electron chi connectivity index (χ0n) is 13.4. The highest BCUT2D eigenvalue weighted by Crippen LogP contribution is 2.23. The van der Waals surface area contributed by atoms with Crippen molar-refractivity contribution >= 4 is 6.03 Å². The van der Waals surface area contributed by atoms with Crippen LogP contribution < -0.4 is 10.6 Å². The first kappa shape index (κ1) is 16.4. The summed E-state index contributed by atoms with van der Waals surface area (Å²) < 4.78 is 15.6. The second-order valence-electron chi connectivity index (χ2n) is 5.84. The molecule has 1 aromatic heterocycles. The van der Waals surface area contributed by atoms with E-state index in [4.69, 9.17) is 0 Å². The van der Waals surface area contributed by atoms with Gasteiger partial charge >= 0.3 is 6.03 Å². The Labute approximate surface area is 138 Å². The molecule has 0 saturated heterocycles. The number of benzene rings is 1. The van der Waals surface area contributed by atoms with Crippen molar-refractivity contribution in [2.24, 2.45) is 0 Å². The van der Waals surface area contributed by atoms with Crippen LogP contribution >= 0.6 is 0 Å². The number of rotatable bonds is 4. The number of nitrogens with one attached hydrogen (secondary N) is 2. The molecule has 2 amide bonds. The summed E-state index contributed by atoms with van der Waals surface area (Å²) in [5.41, 5.74) is 0.158. The number of fused-ring (bicyclic) bond motifs is 1. The van der Waals surface area contributed by atoms with E-state index in [0.717, 1.165) is 31.0 Å². The van der Waals surface area contributed by atoms with Crippen LogP contribution in [-0.2, 0) is 6.54 Å². The van der Waals surface area contributed by atoms with Gasteiger partial charge < -0.3 is 20.3 Å². The van der Waals surface area contributed by atoms with Crippen LogP contribution in [0.1, 0.15) is 42.2 Å². The lowest BCUT2D eigenvalue weighted by atomic mass is 10.1. The molecule has 2 unspecified atom stereocenters. The zero-order chi connectivity index (χ0) is 17.1. The third-order valence-corrected chi connectivity index (χ3v) is 4.18. The van der Waals surface area contributed by atoms with E-state index in [0.29, 0.717) is 0 Å². The van der Waals surface area contributed by atoms with Crippen LogP contribution in [0.15, 0.2) is 24.3 Å². The van der Waals surface area contributed by atoms with Gasteiger partial charge in [-0.25, -0.2) is 9.18 Å². The van der Waals surface area contributed by atoms with Crippen molar-refractivity contribution < 1.29 is 14.3 Å². The summed E-state index contributed by atoms with van der Waals surface area (Å²) in [5, 5.41) is 23.6. The molecule has 0 radical (unpaired) electrons. The molecule has 0 aliphatic carbocycles. The predicted molar refractivity (Wildman–Crippen MR) is 84.6 cm³/mol. The number of carbonyl (C=O) groups excluding carboxylic acids is 1. The molecule has 0 bridgehead atoms. The maximum Gasteiger partial charge on any atom is 0.315 e. The smallest absolute Gasteiger partial charge is 0.315 e. The number of hydrogen-bond donors (Lipinski definition) is 3. The van der Waals surface area contributed by atoms with Crippen molar-refractivity contribution in [2.45, 2.75) is 38.5 Å². The van der Waals surface area contributed by atoms with Gasteiger partial charge in [-0.05, 0) is 25.8 Å². The van der Waals surface area contributed by atoms with Crippen molar-refractivity contribution in [3.05, 3.63) is 47.3 Å². The summed E-state index contributed by atoms with van der Waals surface area (Å²) in [6.45, 7) is 2.65. The molecule has 2 aromatic rings. The number of amides is 2. The van der Waals surface area contributed by atoms with Gasteiger partial charge in [-0.15, -0.1) is 10.2 Å². The van der Waals surface area contributed by atoms with Gasteiger partial charge in [0.2, 0.25) is 0 Å². The Hall–Kier alpha value is -2.48. The van der Waals surface area contributed by atoms with Gasteiger partial charge in [0.1, 0.15) is 11.6 Å². The first-order chi connectivity index (χ1) is 11.6. The van der Waals surface area contributed by atoms with Crippen LogP contribution in [0, 0.1) is 12.7 Å². The molecule has 3 rings (SSSR count). The molecule has 1 aliphatic rings. The number of halogens is 1. The monoisotopic (exact) mass is 333 g/mol. The molecule has 24 heavy (non-hydrogen) atoms. The Kier molecular flexibility index (Phi) is 4.75. The standard InChI is InChI=1S/C16H20FN5O2/c1-10-20-21-15-13(7-4-8-22(10)15)19-16(24)18-9-14(23)11-5-2-3-6-12(11)17/h2-3,5-6,13-14,23H,4,7-9H2,1H3,(H2,18,19,24). The summed E-state index contributed by atoms with van der Waals surface area (Å²) in [7, 11) is 0. The van der Waals surface area contributed by atoms with Crippen molar-refractivity contribution in [1.82, 2.24) is 25.4 Å². The normalized spacial score (nSPS) is 17.9. The first-order valence-electron chi connectivity index (χ1n) is 7.93. The van der Waals surface area contributed by atoms with E-state index >= 15 is 0 Å². The van der Waals surface area contributed by atoms with Crippen LogP contribution in [0.5, 0.6) is 0 Å². The van der Waals surface area contributed by atoms with Gasteiger partial charge in [0.15, 0.2) is 5.82 Å². The summed E-state index contributed by atoms with van der Waals surface area (Å²) in [5.74, 6) is 1.07. The van der Waals surface area contributed by atoms with Gasteiger partial charge in [-0.1, -0.05) is 18.2 Å². The Morgan fingerprint density at radius 1 is 1.46 bits per heavy atom. The largest absolute Gasteiger partial charge is 0.386 e. The van der Waals surface area contributed by atoms with Gasteiger partial charge in [0.05, 0.1) is 12.1 Å². The average Bonchev–Trinajstić information content (AvgIpc) is 2.96. The van der Waals surface area contributed by atoms with Gasteiger partial charge in [0, 0.05) is 18.7 Å². The van der Waals surface area contributed by atoms with Gasteiger partial charge in [0.25, 0.3) is 0 Å². The lowest BCUT2D eigenvalue weighted by Crippen LogP contribution is -2.41.